The number of amides is 1. The summed E-state index contributed by atoms with van der Waals surface area (Å²) < 4.78 is 5.59. The van der Waals surface area contributed by atoms with Gasteiger partial charge in [-0.3, -0.25) is 9.69 Å². The van der Waals surface area contributed by atoms with Crippen LogP contribution in [0.25, 0.3) is 0 Å². The van der Waals surface area contributed by atoms with Gasteiger partial charge in [0.25, 0.3) is 5.91 Å². The zero-order valence-electron chi connectivity index (χ0n) is 14.2. The topological polar surface area (TPSA) is 82.0 Å². The summed E-state index contributed by atoms with van der Waals surface area (Å²) in [7, 11) is 0. The molecule has 0 aliphatic heterocycles. The van der Waals surface area contributed by atoms with Crippen molar-refractivity contribution in [1.82, 2.24) is 10.2 Å². The second kappa shape index (κ2) is 14.0. The minimum atomic E-state index is -0.146. The molecule has 24 heavy (non-hydrogen) atoms. The molecule has 0 fully saturated rings. The zero-order valence-corrected chi connectivity index (χ0v) is 15.1. The van der Waals surface area contributed by atoms with E-state index in [2.05, 4.69) is 5.32 Å². The van der Waals surface area contributed by atoms with E-state index in [0.717, 1.165) is 19.4 Å². The highest BCUT2D eigenvalue weighted by molar-refractivity contribution is 5.96. The molecular weight excluding hydrogens is 332 g/mol. The van der Waals surface area contributed by atoms with Crippen molar-refractivity contribution in [3.63, 3.8) is 0 Å². The molecule has 1 rings (SSSR count). The molecule has 6 nitrogen and oxygen atoms in total. The van der Waals surface area contributed by atoms with Crippen LogP contribution in [0.2, 0.25) is 0 Å². The van der Waals surface area contributed by atoms with E-state index < -0.39 is 0 Å². The van der Waals surface area contributed by atoms with Crippen LogP contribution in [-0.2, 0) is 0 Å². The van der Waals surface area contributed by atoms with Gasteiger partial charge in [0.1, 0.15) is 5.75 Å². The minimum Gasteiger partial charge on any atom is -0.493 e. The Bertz CT molecular complexity index is 454. The Labute approximate surface area is 150 Å². The van der Waals surface area contributed by atoms with E-state index in [-0.39, 0.29) is 31.5 Å². The van der Waals surface area contributed by atoms with Crippen LogP contribution in [0.4, 0.5) is 0 Å². The fourth-order valence-electron chi connectivity index (χ4n) is 2.21. The van der Waals surface area contributed by atoms with Crippen molar-refractivity contribution in [3.8, 4) is 5.75 Å². The first kappa shape index (κ1) is 22.7. The monoisotopic (exact) mass is 360 g/mol. The molecule has 3 N–H and O–H groups in total. The van der Waals surface area contributed by atoms with Crippen LogP contribution in [0.15, 0.2) is 24.3 Å². The summed E-state index contributed by atoms with van der Waals surface area (Å²) in [4.78, 5) is 14.2. The van der Waals surface area contributed by atoms with Gasteiger partial charge in [0.05, 0.1) is 25.4 Å². The van der Waals surface area contributed by atoms with Crippen LogP contribution in [-0.4, -0.2) is 67.0 Å². The van der Waals surface area contributed by atoms with Crippen LogP contribution in [0.1, 0.15) is 30.1 Å². The Hall–Kier alpha value is -1.34. The Morgan fingerprint density at radius 3 is 2.46 bits per heavy atom. The molecule has 1 amide bonds. The van der Waals surface area contributed by atoms with Gasteiger partial charge in [-0.15, -0.1) is 12.4 Å². The van der Waals surface area contributed by atoms with Crippen molar-refractivity contribution >= 4 is 18.3 Å². The number of rotatable bonds is 12. The highest BCUT2D eigenvalue weighted by Crippen LogP contribution is 2.17. The first-order valence-corrected chi connectivity index (χ1v) is 8.17. The molecule has 0 bridgehead atoms. The fraction of sp³-hybridized carbons (Fsp3) is 0.588. The Morgan fingerprint density at radius 1 is 1.17 bits per heavy atom. The van der Waals surface area contributed by atoms with E-state index >= 15 is 0 Å². The lowest BCUT2D eigenvalue weighted by atomic mass is 10.2. The van der Waals surface area contributed by atoms with Crippen molar-refractivity contribution < 1.29 is 19.7 Å². The summed E-state index contributed by atoms with van der Waals surface area (Å²) in [6.45, 7) is 5.05. The maximum atomic E-state index is 12.2. The second-order valence-corrected chi connectivity index (χ2v) is 5.24. The average molecular weight is 361 g/mol. The third kappa shape index (κ3) is 8.49. The molecule has 0 spiro atoms. The van der Waals surface area contributed by atoms with E-state index in [4.69, 9.17) is 14.9 Å². The van der Waals surface area contributed by atoms with Gasteiger partial charge in [0, 0.05) is 19.6 Å². The first-order chi connectivity index (χ1) is 11.2. The largest absolute Gasteiger partial charge is 0.493 e. The lowest BCUT2D eigenvalue weighted by Crippen LogP contribution is -2.33. The normalized spacial score (nSPS) is 10.3. The number of benzene rings is 1. The van der Waals surface area contributed by atoms with E-state index in [1.54, 1.807) is 12.1 Å². The van der Waals surface area contributed by atoms with E-state index in [9.17, 15) is 4.79 Å². The third-order valence-electron chi connectivity index (χ3n) is 3.36. The number of para-hydroxylation sites is 1. The number of hydrogen-bond donors (Lipinski definition) is 3. The molecule has 138 valence electrons. The summed E-state index contributed by atoms with van der Waals surface area (Å²) in [5.41, 5.74) is 0.545. The van der Waals surface area contributed by atoms with Gasteiger partial charge in [-0.1, -0.05) is 19.1 Å². The summed E-state index contributed by atoms with van der Waals surface area (Å²) in [6, 6.07) is 7.22. The predicted octanol–water partition coefficient (Wildman–Crippen LogP) is 1.30. The predicted molar refractivity (Wildman–Crippen MR) is 97.0 cm³/mol. The number of aliphatic hydroxyl groups excluding tert-OH is 2. The van der Waals surface area contributed by atoms with Gasteiger partial charge in [-0.05, 0) is 31.5 Å². The van der Waals surface area contributed by atoms with Crippen LogP contribution in [0.5, 0.6) is 5.75 Å². The number of aliphatic hydroxyl groups is 2. The molecule has 0 aliphatic rings. The lowest BCUT2D eigenvalue weighted by molar-refractivity contribution is 0.0945. The first-order valence-electron chi connectivity index (χ1n) is 8.17. The number of nitrogens with one attached hydrogen (secondary N) is 1. The Balaban J connectivity index is 0.00000529. The number of halogens is 1. The lowest BCUT2D eigenvalue weighted by Gasteiger charge is -2.20. The van der Waals surface area contributed by atoms with Crippen molar-refractivity contribution in [2.75, 3.05) is 46.0 Å². The molecule has 1 aromatic rings. The summed E-state index contributed by atoms with van der Waals surface area (Å²) in [6.07, 6.45) is 1.64. The SMILES string of the molecule is CCCOc1ccccc1C(=O)NCCCN(CCO)CCO.Cl. The Kier molecular flexibility index (Phi) is 13.3. The molecule has 0 unspecified atom stereocenters. The maximum Gasteiger partial charge on any atom is 0.255 e. The molecule has 0 saturated heterocycles. The van der Waals surface area contributed by atoms with E-state index in [0.29, 0.717) is 37.6 Å². The second-order valence-electron chi connectivity index (χ2n) is 5.24. The molecular formula is C17H29ClN2O4. The molecule has 0 atom stereocenters. The standard InChI is InChI=1S/C17H28N2O4.ClH/c1-2-14-23-16-7-4-3-6-15(16)17(22)18-8-5-9-19(10-12-20)11-13-21;/h3-4,6-7,20-21H,2,5,8-14H2,1H3,(H,18,22);1H. The van der Waals surface area contributed by atoms with E-state index in [1.165, 1.54) is 0 Å². The van der Waals surface area contributed by atoms with Crippen LogP contribution in [0.3, 0.4) is 0 Å². The summed E-state index contributed by atoms with van der Waals surface area (Å²) in [5.74, 6) is 0.460. The summed E-state index contributed by atoms with van der Waals surface area (Å²) >= 11 is 0. The Morgan fingerprint density at radius 2 is 1.83 bits per heavy atom. The zero-order chi connectivity index (χ0) is 16.9. The number of carbonyl (C=O) groups is 1. The number of hydrogen-bond acceptors (Lipinski definition) is 5. The number of ether oxygens (including phenoxy) is 1. The molecule has 0 saturated carbocycles. The maximum absolute atomic E-state index is 12.2. The van der Waals surface area contributed by atoms with E-state index in [1.807, 2.05) is 24.0 Å². The molecule has 0 heterocycles. The number of nitrogens with zero attached hydrogens (tertiary/aromatic N) is 1. The van der Waals surface area contributed by atoms with Crippen molar-refractivity contribution in [1.29, 1.82) is 0 Å². The van der Waals surface area contributed by atoms with Gasteiger partial charge in [-0.2, -0.15) is 0 Å². The molecule has 0 aliphatic carbocycles. The minimum absolute atomic E-state index is 0. The average Bonchev–Trinajstić information content (AvgIpc) is 2.57. The van der Waals surface area contributed by atoms with Crippen molar-refractivity contribution in [3.05, 3.63) is 29.8 Å². The van der Waals surface area contributed by atoms with Crippen molar-refractivity contribution in [2.45, 2.75) is 19.8 Å². The molecule has 7 heteroatoms. The summed E-state index contributed by atoms with van der Waals surface area (Å²) in [5, 5.41) is 20.8. The van der Waals surface area contributed by atoms with Crippen LogP contribution < -0.4 is 10.1 Å². The van der Waals surface area contributed by atoms with Gasteiger partial charge in [-0.25, -0.2) is 0 Å². The fourth-order valence-corrected chi connectivity index (χ4v) is 2.21. The van der Waals surface area contributed by atoms with Crippen LogP contribution >= 0.6 is 12.4 Å². The van der Waals surface area contributed by atoms with Gasteiger partial charge in [0.2, 0.25) is 0 Å². The van der Waals surface area contributed by atoms with Crippen LogP contribution in [0, 0.1) is 0 Å². The quantitative estimate of drug-likeness (QED) is 0.489. The van der Waals surface area contributed by atoms with Gasteiger partial charge < -0.3 is 20.3 Å². The number of carbonyl (C=O) groups excluding carboxylic acids is 1. The smallest absolute Gasteiger partial charge is 0.255 e. The van der Waals surface area contributed by atoms with Gasteiger partial charge in [0.15, 0.2) is 0 Å². The third-order valence-corrected chi connectivity index (χ3v) is 3.36. The van der Waals surface area contributed by atoms with Crippen molar-refractivity contribution in [2.24, 2.45) is 0 Å². The molecule has 0 radical (unpaired) electrons. The molecule has 1 aromatic carbocycles. The molecule has 0 aromatic heterocycles. The highest BCUT2D eigenvalue weighted by Gasteiger charge is 2.11. The highest BCUT2D eigenvalue weighted by atomic mass is 35.5. The van der Waals surface area contributed by atoms with Gasteiger partial charge >= 0.3 is 0 Å².